The lowest BCUT2D eigenvalue weighted by atomic mass is 9.87. The molecule has 7 nitrogen and oxygen atoms in total. The minimum Gasteiger partial charge on any atom is -0.480 e. The minimum atomic E-state index is -1.04. The van der Waals surface area contributed by atoms with Gasteiger partial charge in [0.15, 0.2) is 0 Å². The van der Waals surface area contributed by atoms with Gasteiger partial charge in [0.25, 0.3) is 0 Å². The minimum absolute atomic E-state index is 0.0168. The molecule has 7 heteroatoms. The van der Waals surface area contributed by atoms with Crippen molar-refractivity contribution in [2.24, 2.45) is 5.41 Å². The van der Waals surface area contributed by atoms with E-state index in [-0.39, 0.29) is 25.0 Å². The van der Waals surface area contributed by atoms with E-state index in [1.54, 1.807) is 13.8 Å². The highest BCUT2D eigenvalue weighted by molar-refractivity contribution is 5.87. The van der Waals surface area contributed by atoms with E-state index >= 15 is 0 Å². The number of fused-ring (bicyclic) bond motifs is 3. The molecular weight excluding hydrogens is 420 g/mol. The van der Waals surface area contributed by atoms with Crippen LogP contribution in [-0.2, 0) is 14.3 Å². The molecular formula is C26H32N2O5. The quantitative estimate of drug-likeness (QED) is 0.498. The summed E-state index contributed by atoms with van der Waals surface area (Å²) >= 11 is 0. The second-order valence-corrected chi connectivity index (χ2v) is 9.04. The van der Waals surface area contributed by atoms with Crippen LogP contribution < -0.4 is 10.6 Å². The van der Waals surface area contributed by atoms with E-state index in [2.05, 4.69) is 34.9 Å². The van der Waals surface area contributed by atoms with E-state index in [0.717, 1.165) is 22.3 Å². The van der Waals surface area contributed by atoms with Gasteiger partial charge < -0.3 is 20.5 Å². The Bertz CT molecular complexity index is 972. The van der Waals surface area contributed by atoms with Crippen molar-refractivity contribution in [2.75, 3.05) is 13.2 Å². The zero-order valence-electron chi connectivity index (χ0n) is 19.4. The lowest BCUT2D eigenvalue weighted by molar-refractivity contribution is -0.143. The van der Waals surface area contributed by atoms with Crippen LogP contribution in [0.5, 0.6) is 0 Å². The number of aliphatic carboxylic acids is 1. The van der Waals surface area contributed by atoms with Gasteiger partial charge in [0.2, 0.25) is 5.91 Å². The molecule has 0 aromatic heterocycles. The number of ether oxygens (including phenoxy) is 1. The molecule has 0 unspecified atom stereocenters. The van der Waals surface area contributed by atoms with Gasteiger partial charge in [-0.05, 0) is 35.1 Å². The fraction of sp³-hybridized carbons (Fsp3) is 0.423. The van der Waals surface area contributed by atoms with E-state index < -0.39 is 23.5 Å². The second kappa shape index (κ2) is 10.5. The molecule has 1 atom stereocenters. The topological polar surface area (TPSA) is 105 Å². The summed E-state index contributed by atoms with van der Waals surface area (Å²) in [5.74, 6) is -1.41. The van der Waals surface area contributed by atoms with E-state index in [9.17, 15) is 19.5 Å². The van der Waals surface area contributed by atoms with Crippen molar-refractivity contribution < 1.29 is 24.2 Å². The molecule has 1 aliphatic carbocycles. The number of carboxylic acid groups (broad SMARTS) is 1. The molecule has 2 aromatic rings. The predicted molar refractivity (Wildman–Crippen MR) is 126 cm³/mol. The number of carboxylic acids is 1. The van der Waals surface area contributed by atoms with Crippen LogP contribution >= 0.6 is 0 Å². The molecule has 3 N–H and O–H groups in total. The highest BCUT2D eigenvalue weighted by Gasteiger charge is 2.31. The van der Waals surface area contributed by atoms with Crippen LogP contribution in [0.4, 0.5) is 4.79 Å². The Kier molecular flexibility index (Phi) is 7.74. The number of carbonyl (C=O) groups excluding carboxylic acids is 2. The summed E-state index contributed by atoms with van der Waals surface area (Å²) in [4.78, 5) is 36.2. The van der Waals surface area contributed by atoms with Crippen LogP contribution in [0.2, 0.25) is 0 Å². The van der Waals surface area contributed by atoms with Crippen molar-refractivity contribution in [1.29, 1.82) is 0 Å². The Morgan fingerprint density at radius 3 is 2.15 bits per heavy atom. The van der Waals surface area contributed by atoms with Crippen LogP contribution in [0.3, 0.4) is 0 Å². The summed E-state index contributed by atoms with van der Waals surface area (Å²) in [5.41, 5.74) is 3.78. The molecule has 0 spiro atoms. The Labute approximate surface area is 194 Å². The smallest absolute Gasteiger partial charge is 0.407 e. The summed E-state index contributed by atoms with van der Waals surface area (Å²) in [6.45, 7) is 5.79. The third kappa shape index (κ3) is 5.72. The highest BCUT2D eigenvalue weighted by atomic mass is 16.5. The lowest BCUT2D eigenvalue weighted by Gasteiger charge is -2.26. The molecule has 0 fully saturated rings. The standard InChI is InChI=1S/C26H32N2O5/c1-4-9-22(23(29)30)28-24(31)26(2,3)14-15-27-25(32)33-16-21-19-12-7-5-10-17(19)18-11-6-8-13-20(18)21/h5-8,10-13,21-22H,4,9,14-16H2,1-3H3,(H,27,32)(H,28,31)(H,29,30)/t22-/m1/s1. The first-order chi connectivity index (χ1) is 15.7. The molecule has 0 saturated heterocycles. The van der Waals surface area contributed by atoms with Gasteiger partial charge in [-0.1, -0.05) is 75.7 Å². The number of amides is 2. The largest absolute Gasteiger partial charge is 0.480 e. The highest BCUT2D eigenvalue weighted by Crippen LogP contribution is 2.44. The van der Waals surface area contributed by atoms with Crippen molar-refractivity contribution in [3.63, 3.8) is 0 Å². The average molecular weight is 453 g/mol. The van der Waals surface area contributed by atoms with Gasteiger partial charge in [0, 0.05) is 17.9 Å². The van der Waals surface area contributed by atoms with E-state index in [1.165, 1.54) is 0 Å². The van der Waals surface area contributed by atoms with Gasteiger partial charge in [-0.3, -0.25) is 4.79 Å². The first-order valence-electron chi connectivity index (χ1n) is 11.4. The number of hydrogen-bond acceptors (Lipinski definition) is 4. The Balaban J connectivity index is 1.50. The van der Waals surface area contributed by atoms with Gasteiger partial charge >= 0.3 is 12.1 Å². The van der Waals surface area contributed by atoms with Crippen molar-refractivity contribution in [3.8, 4) is 11.1 Å². The fourth-order valence-corrected chi connectivity index (χ4v) is 4.14. The van der Waals surface area contributed by atoms with Gasteiger partial charge in [-0.25, -0.2) is 9.59 Å². The number of hydrogen-bond donors (Lipinski definition) is 3. The fourth-order valence-electron chi connectivity index (χ4n) is 4.14. The summed E-state index contributed by atoms with van der Waals surface area (Å²) in [6, 6.07) is 15.4. The van der Waals surface area contributed by atoms with Crippen LogP contribution in [0.1, 0.15) is 57.1 Å². The second-order valence-electron chi connectivity index (χ2n) is 9.04. The van der Waals surface area contributed by atoms with Crippen molar-refractivity contribution in [3.05, 3.63) is 59.7 Å². The average Bonchev–Trinajstić information content (AvgIpc) is 3.11. The monoisotopic (exact) mass is 452 g/mol. The number of nitrogens with one attached hydrogen (secondary N) is 2. The molecule has 0 aliphatic heterocycles. The number of alkyl carbamates (subject to hydrolysis) is 1. The van der Waals surface area contributed by atoms with Crippen LogP contribution in [0.25, 0.3) is 11.1 Å². The summed E-state index contributed by atoms with van der Waals surface area (Å²) in [7, 11) is 0. The Hall–Kier alpha value is -3.35. The Morgan fingerprint density at radius 2 is 1.61 bits per heavy atom. The molecule has 2 aromatic carbocycles. The van der Waals surface area contributed by atoms with E-state index in [1.807, 2.05) is 31.2 Å². The predicted octanol–water partition coefficient (Wildman–Crippen LogP) is 4.31. The molecule has 0 heterocycles. The first-order valence-corrected chi connectivity index (χ1v) is 11.4. The van der Waals surface area contributed by atoms with Gasteiger partial charge in [0.05, 0.1) is 0 Å². The first kappa shape index (κ1) is 24.3. The van der Waals surface area contributed by atoms with Gasteiger partial charge in [-0.2, -0.15) is 0 Å². The molecule has 2 amide bonds. The van der Waals surface area contributed by atoms with Crippen molar-refractivity contribution in [2.45, 2.75) is 52.0 Å². The maximum Gasteiger partial charge on any atom is 0.407 e. The third-order valence-corrected chi connectivity index (χ3v) is 6.16. The summed E-state index contributed by atoms with van der Waals surface area (Å²) < 4.78 is 5.51. The molecule has 33 heavy (non-hydrogen) atoms. The Morgan fingerprint density at radius 1 is 1.03 bits per heavy atom. The van der Waals surface area contributed by atoms with Gasteiger partial charge in [-0.15, -0.1) is 0 Å². The normalized spacial score (nSPS) is 13.5. The van der Waals surface area contributed by atoms with E-state index in [0.29, 0.717) is 19.3 Å². The summed E-state index contributed by atoms with van der Waals surface area (Å²) in [5, 5.41) is 14.6. The maximum absolute atomic E-state index is 12.5. The summed E-state index contributed by atoms with van der Waals surface area (Å²) in [6.07, 6.45) is 0.833. The third-order valence-electron chi connectivity index (χ3n) is 6.16. The molecule has 1 aliphatic rings. The van der Waals surface area contributed by atoms with Crippen molar-refractivity contribution >= 4 is 18.0 Å². The maximum atomic E-state index is 12.5. The van der Waals surface area contributed by atoms with Crippen LogP contribution in [0, 0.1) is 5.41 Å². The lowest BCUT2D eigenvalue weighted by Crippen LogP contribution is -2.47. The zero-order chi connectivity index (χ0) is 24.0. The van der Waals surface area contributed by atoms with Crippen LogP contribution in [0.15, 0.2) is 48.5 Å². The molecule has 3 rings (SSSR count). The van der Waals surface area contributed by atoms with Crippen molar-refractivity contribution in [1.82, 2.24) is 10.6 Å². The number of rotatable bonds is 10. The number of benzene rings is 2. The molecule has 0 radical (unpaired) electrons. The van der Waals surface area contributed by atoms with Crippen LogP contribution in [-0.4, -0.2) is 42.3 Å². The molecule has 176 valence electrons. The molecule has 0 bridgehead atoms. The van der Waals surface area contributed by atoms with E-state index in [4.69, 9.17) is 4.74 Å². The number of carbonyl (C=O) groups is 3. The SMILES string of the molecule is CCC[C@@H](NC(=O)C(C)(C)CCNC(=O)OCC1c2ccccc2-c2ccccc21)C(=O)O. The van der Waals surface area contributed by atoms with Gasteiger partial charge in [0.1, 0.15) is 12.6 Å². The zero-order valence-corrected chi connectivity index (χ0v) is 19.4. The molecule has 0 saturated carbocycles.